The Morgan fingerprint density at radius 1 is 1.35 bits per heavy atom. The highest BCUT2D eigenvalue weighted by Crippen LogP contribution is 2.21. The van der Waals surface area contributed by atoms with Gasteiger partial charge in [-0.1, -0.05) is 12.1 Å². The minimum atomic E-state index is -2.91. The van der Waals surface area contributed by atoms with Crippen LogP contribution in [0.1, 0.15) is 18.4 Å². The molecule has 1 N–H and O–H groups in total. The molecule has 1 aromatic rings. The van der Waals surface area contributed by atoms with Crippen molar-refractivity contribution in [2.75, 3.05) is 18.6 Å². The number of hydrogen-bond acceptors (Lipinski definition) is 4. The van der Waals surface area contributed by atoms with Crippen molar-refractivity contribution in [2.45, 2.75) is 19.4 Å². The second kappa shape index (κ2) is 6.26. The molecule has 0 spiro atoms. The molecule has 1 aliphatic heterocycles. The second-order valence-corrected chi connectivity index (χ2v) is 7.33. The highest BCUT2D eigenvalue weighted by atomic mass is 32.2. The number of carbonyl (C=O) groups is 1. The first kappa shape index (κ1) is 14.8. The molecule has 1 amide bonds. The molecule has 20 heavy (non-hydrogen) atoms. The van der Waals surface area contributed by atoms with E-state index in [4.69, 9.17) is 4.74 Å². The fourth-order valence-electron chi connectivity index (χ4n) is 2.31. The van der Waals surface area contributed by atoms with Crippen LogP contribution in [0.15, 0.2) is 24.3 Å². The maximum absolute atomic E-state index is 11.8. The average Bonchev–Trinajstić information content (AvgIpc) is 2.76. The lowest BCUT2D eigenvalue weighted by Crippen LogP contribution is -2.25. The summed E-state index contributed by atoms with van der Waals surface area (Å²) in [6, 6.07) is 7.45. The summed E-state index contributed by atoms with van der Waals surface area (Å²) in [5.74, 6) is 1.00. The Balaban J connectivity index is 1.77. The van der Waals surface area contributed by atoms with Gasteiger partial charge in [-0.25, -0.2) is 8.42 Å². The van der Waals surface area contributed by atoms with Crippen molar-refractivity contribution in [3.63, 3.8) is 0 Å². The minimum Gasteiger partial charge on any atom is -0.497 e. The van der Waals surface area contributed by atoms with Crippen LogP contribution in [0.25, 0.3) is 0 Å². The van der Waals surface area contributed by atoms with Crippen molar-refractivity contribution < 1.29 is 17.9 Å². The zero-order valence-corrected chi connectivity index (χ0v) is 12.3. The highest BCUT2D eigenvalue weighted by Gasteiger charge is 2.29. The molecule has 1 atom stereocenters. The molecule has 6 heteroatoms. The van der Waals surface area contributed by atoms with Gasteiger partial charge in [0.1, 0.15) is 5.75 Å². The number of hydrogen-bond donors (Lipinski definition) is 1. The molecule has 0 radical (unpaired) electrons. The largest absolute Gasteiger partial charge is 0.497 e. The number of benzene rings is 1. The fourth-order valence-corrected chi connectivity index (χ4v) is 4.17. The van der Waals surface area contributed by atoms with Crippen LogP contribution in [0.3, 0.4) is 0 Å². The molecule has 1 saturated heterocycles. The Hall–Kier alpha value is -1.56. The standard InChI is InChI=1S/C14H19NO4S/c1-19-13-4-2-11(3-5-13)9-15-14(16)8-12-6-7-20(17,18)10-12/h2-5,12H,6-10H2,1H3,(H,15,16)/t12-/m1/s1. The van der Waals surface area contributed by atoms with Crippen LogP contribution in [-0.2, 0) is 21.2 Å². The van der Waals surface area contributed by atoms with E-state index >= 15 is 0 Å². The maximum atomic E-state index is 11.8. The number of carbonyl (C=O) groups excluding carboxylic acids is 1. The Bertz CT molecular complexity index is 565. The Morgan fingerprint density at radius 3 is 2.60 bits per heavy atom. The van der Waals surface area contributed by atoms with Crippen LogP contribution in [0, 0.1) is 5.92 Å². The van der Waals surface area contributed by atoms with Gasteiger partial charge in [0.2, 0.25) is 5.91 Å². The molecule has 110 valence electrons. The van der Waals surface area contributed by atoms with E-state index in [0.717, 1.165) is 11.3 Å². The summed E-state index contributed by atoms with van der Waals surface area (Å²) < 4.78 is 27.7. The maximum Gasteiger partial charge on any atom is 0.220 e. The van der Waals surface area contributed by atoms with Gasteiger partial charge in [-0.05, 0) is 30.0 Å². The third-order valence-corrected chi connectivity index (χ3v) is 5.29. The lowest BCUT2D eigenvalue weighted by Gasteiger charge is -2.09. The van der Waals surface area contributed by atoms with Crippen LogP contribution in [-0.4, -0.2) is 32.9 Å². The van der Waals surface area contributed by atoms with Gasteiger partial charge in [0.15, 0.2) is 9.84 Å². The predicted octanol–water partition coefficient (Wildman–Crippen LogP) is 1.14. The van der Waals surface area contributed by atoms with E-state index in [0.29, 0.717) is 13.0 Å². The van der Waals surface area contributed by atoms with E-state index in [1.54, 1.807) is 7.11 Å². The fraction of sp³-hybridized carbons (Fsp3) is 0.500. The van der Waals surface area contributed by atoms with Gasteiger partial charge < -0.3 is 10.1 Å². The van der Waals surface area contributed by atoms with Crippen LogP contribution >= 0.6 is 0 Å². The summed E-state index contributed by atoms with van der Waals surface area (Å²) in [6.07, 6.45) is 0.883. The zero-order valence-electron chi connectivity index (χ0n) is 11.5. The van der Waals surface area contributed by atoms with Crippen LogP contribution in [0.2, 0.25) is 0 Å². The van der Waals surface area contributed by atoms with Crippen LogP contribution in [0.5, 0.6) is 5.75 Å². The lowest BCUT2D eigenvalue weighted by molar-refractivity contribution is -0.122. The SMILES string of the molecule is COc1ccc(CNC(=O)C[C@H]2CCS(=O)(=O)C2)cc1. The number of amides is 1. The summed E-state index contributed by atoms with van der Waals surface area (Å²) >= 11 is 0. The van der Waals surface area contributed by atoms with Gasteiger partial charge in [-0.15, -0.1) is 0 Å². The average molecular weight is 297 g/mol. The van der Waals surface area contributed by atoms with E-state index in [1.807, 2.05) is 24.3 Å². The van der Waals surface area contributed by atoms with Crippen molar-refractivity contribution in [1.29, 1.82) is 0 Å². The first-order valence-corrected chi connectivity index (χ1v) is 8.41. The predicted molar refractivity (Wildman–Crippen MR) is 76.2 cm³/mol. The molecule has 1 fully saturated rings. The normalized spacial score (nSPS) is 20.6. The third-order valence-electron chi connectivity index (χ3n) is 3.45. The molecule has 2 rings (SSSR count). The van der Waals surface area contributed by atoms with Crippen LogP contribution < -0.4 is 10.1 Å². The first-order valence-electron chi connectivity index (χ1n) is 6.58. The third kappa shape index (κ3) is 4.23. The molecular weight excluding hydrogens is 278 g/mol. The monoisotopic (exact) mass is 297 g/mol. The summed E-state index contributed by atoms with van der Waals surface area (Å²) in [4.78, 5) is 11.8. The summed E-state index contributed by atoms with van der Waals surface area (Å²) in [5.41, 5.74) is 0.984. The summed E-state index contributed by atoms with van der Waals surface area (Å²) in [6.45, 7) is 0.447. The number of methoxy groups -OCH3 is 1. The quantitative estimate of drug-likeness (QED) is 0.884. The Morgan fingerprint density at radius 2 is 2.05 bits per heavy atom. The smallest absolute Gasteiger partial charge is 0.220 e. The van der Waals surface area contributed by atoms with Crippen molar-refractivity contribution in [2.24, 2.45) is 5.92 Å². The number of ether oxygens (including phenoxy) is 1. The first-order chi connectivity index (χ1) is 9.48. The topological polar surface area (TPSA) is 72.5 Å². The van der Waals surface area contributed by atoms with E-state index < -0.39 is 9.84 Å². The number of sulfone groups is 1. The molecule has 1 heterocycles. The molecule has 0 bridgehead atoms. The minimum absolute atomic E-state index is 0.0316. The second-order valence-electron chi connectivity index (χ2n) is 5.10. The molecule has 0 aromatic heterocycles. The van der Waals surface area contributed by atoms with E-state index in [9.17, 15) is 13.2 Å². The van der Waals surface area contributed by atoms with Gasteiger partial charge in [-0.3, -0.25) is 4.79 Å². The molecule has 0 unspecified atom stereocenters. The van der Waals surface area contributed by atoms with Crippen LogP contribution in [0.4, 0.5) is 0 Å². The number of nitrogens with one attached hydrogen (secondary N) is 1. The van der Waals surface area contributed by atoms with Gasteiger partial charge in [0, 0.05) is 13.0 Å². The summed E-state index contributed by atoms with van der Waals surface area (Å²) in [7, 11) is -1.31. The molecule has 5 nitrogen and oxygen atoms in total. The van der Waals surface area contributed by atoms with E-state index in [2.05, 4.69) is 5.32 Å². The highest BCUT2D eigenvalue weighted by molar-refractivity contribution is 7.91. The van der Waals surface area contributed by atoms with Gasteiger partial charge in [0.25, 0.3) is 0 Å². The van der Waals surface area contributed by atoms with Crippen molar-refractivity contribution >= 4 is 15.7 Å². The molecule has 1 aromatic carbocycles. The van der Waals surface area contributed by atoms with Gasteiger partial charge >= 0.3 is 0 Å². The van der Waals surface area contributed by atoms with E-state index in [-0.39, 0.29) is 29.8 Å². The van der Waals surface area contributed by atoms with Crippen molar-refractivity contribution in [3.05, 3.63) is 29.8 Å². The molecule has 0 aliphatic carbocycles. The van der Waals surface area contributed by atoms with Gasteiger partial charge in [-0.2, -0.15) is 0 Å². The number of rotatable bonds is 5. The molecule has 1 aliphatic rings. The summed E-state index contributed by atoms with van der Waals surface area (Å²) in [5, 5.41) is 2.82. The van der Waals surface area contributed by atoms with E-state index in [1.165, 1.54) is 0 Å². The molecular formula is C14H19NO4S. The zero-order chi connectivity index (χ0) is 14.6. The lowest BCUT2D eigenvalue weighted by atomic mass is 10.1. The van der Waals surface area contributed by atoms with Gasteiger partial charge in [0.05, 0.1) is 18.6 Å². The Labute approximate surface area is 119 Å². The van der Waals surface area contributed by atoms with Crippen molar-refractivity contribution in [3.8, 4) is 5.75 Å². The molecule has 0 saturated carbocycles. The Kier molecular flexibility index (Phi) is 4.65. The van der Waals surface area contributed by atoms with Crippen molar-refractivity contribution in [1.82, 2.24) is 5.32 Å².